The first-order chi connectivity index (χ1) is 19.3. The molecule has 2 N–H and O–H groups in total. The second-order valence-corrected chi connectivity index (χ2v) is 12.2. The molecule has 0 spiro atoms. The van der Waals surface area contributed by atoms with Crippen molar-refractivity contribution in [3.05, 3.63) is 46.3 Å². The fourth-order valence-electron chi connectivity index (χ4n) is 5.81. The van der Waals surface area contributed by atoms with Crippen molar-refractivity contribution >= 4 is 34.1 Å². The van der Waals surface area contributed by atoms with Crippen LogP contribution in [-0.4, -0.2) is 56.6 Å². The molecule has 4 heterocycles. The van der Waals surface area contributed by atoms with Crippen LogP contribution in [0.1, 0.15) is 68.6 Å². The fraction of sp³-hybridized carbons (Fsp3) is 0.533. The van der Waals surface area contributed by atoms with Crippen LogP contribution >= 0.6 is 11.3 Å². The second kappa shape index (κ2) is 12.6. The van der Waals surface area contributed by atoms with E-state index in [0.29, 0.717) is 23.6 Å². The monoisotopic (exact) mass is 566 g/mol. The third-order valence-corrected chi connectivity index (χ3v) is 9.09. The summed E-state index contributed by atoms with van der Waals surface area (Å²) in [6, 6.07) is 7.71. The van der Waals surface area contributed by atoms with E-state index in [1.807, 2.05) is 26.0 Å². The molecule has 10 heteroatoms. The molecule has 2 aliphatic heterocycles. The summed E-state index contributed by atoms with van der Waals surface area (Å²) in [4.78, 5) is 31.1. The number of nitrogens with one attached hydrogen (secondary N) is 1. The summed E-state index contributed by atoms with van der Waals surface area (Å²) in [6.07, 6.45) is 6.03. The molecule has 0 saturated carbocycles. The van der Waals surface area contributed by atoms with E-state index in [0.717, 1.165) is 84.5 Å². The van der Waals surface area contributed by atoms with Crippen LogP contribution in [0.2, 0.25) is 0 Å². The van der Waals surface area contributed by atoms with E-state index in [9.17, 15) is 9.18 Å². The Morgan fingerprint density at radius 2 is 1.93 bits per heavy atom. The van der Waals surface area contributed by atoms with Crippen LogP contribution in [0.15, 0.2) is 24.3 Å². The molecule has 0 amide bonds. The van der Waals surface area contributed by atoms with Crippen molar-refractivity contribution in [3.8, 4) is 11.3 Å². The van der Waals surface area contributed by atoms with E-state index < -0.39 is 5.97 Å². The number of carbonyl (C=O) groups is 1. The lowest BCUT2D eigenvalue weighted by Gasteiger charge is -2.32. The van der Waals surface area contributed by atoms with Crippen molar-refractivity contribution in [2.75, 3.05) is 29.9 Å². The summed E-state index contributed by atoms with van der Waals surface area (Å²) in [5.41, 5.74) is 2.60. The Labute approximate surface area is 239 Å². The largest absolute Gasteiger partial charge is 0.481 e. The number of carboxylic acid groups (broad SMARTS) is 1. The average Bonchev–Trinajstić information content (AvgIpc) is 3.52. The van der Waals surface area contributed by atoms with Crippen LogP contribution in [0, 0.1) is 18.7 Å². The number of nitrogens with zero attached hydrogens (tertiary/aromatic N) is 5. The predicted octanol–water partition coefficient (Wildman–Crippen LogP) is 6.42. The minimum Gasteiger partial charge on any atom is -0.481 e. The molecule has 2 saturated heterocycles. The first-order valence-electron chi connectivity index (χ1n) is 14.4. The van der Waals surface area contributed by atoms with Gasteiger partial charge in [0.1, 0.15) is 23.3 Å². The number of aliphatic carboxylic acids is 1. The van der Waals surface area contributed by atoms with Gasteiger partial charge in [0.2, 0.25) is 0 Å². The molecule has 3 aromatic rings. The average molecular weight is 567 g/mol. The SMILES string of the molecule is CCc1cc(F)cc(-c2nc(Nc3cc(N4CCC(CCC(=O)O)CC4)nc(C)n3)sc2CN2CCC[C@H]2C)c1. The number of benzene rings is 1. The van der Waals surface area contributed by atoms with Gasteiger partial charge < -0.3 is 15.3 Å². The smallest absolute Gasteiger partial charge is 0.303 e. The van der Waals surface area contributed by atoms with Crippen molar-refractivity contribution in [2.24, 2.45) is 5.92 Å². The molecule has 2 aliphatic rings. The number of thiazole rings is 1. The maximum atomic E-state index is 14.5. The summed E-state index contributed by atoms with van der Waals surface area (Å²) in [7, 11) is 0. The van der Waals surface area contributed by atoms with Gasteiger partial charge in [0.25, 0.3) is 0 Å². The van der Waals surface area contributed by atoms with Gasteiger partial charge in [-0.15, -0.1) is 0 Å². The number of anilines is 3. The van der Waals surface area contributed by atoms with Crippen molar-refractivity contribution in [2.45, 2.75) is 78.3 Å². The number of rotatable bonds is 10. The molecule has 8 nitrogen and oxygen atoms in total. The summed E-state index contributed by atoms with van der Waals surface area (Å²) < 4.78 is 14.5. The van der Waals surface area contributed by atoms with E-state index in [2.05, 4.69) is 32.0 Å². The minimum absolute atomic E-state index is 0.231. The van der Waals surface area contributed by atoms with Crippen molar-refractivity contribution < 1.29 is 14.3 Å². The number of halogens is 1. The van der Waals surface area contributed by atoms with Gasteiger partial charge >= 0.3 is 5.97 Å². The Balaban J connectivity index is 1.37. The Morgan fingerprint density at radius 1 is 1.12 bits per heavy atom. The Hall–Kier alpha value is -3.11. The van der Waals surface area contributed by atoms with Gasteiger partial charge in [-0.3, -0.25) is 9.69 Å². The van der Waals surface area contributed by atoms with Crippen LogP contribution in [0.5, 0.6) is 0 Å². The minimum atomic E-state index is -0.726. The van der Waals surface area contributed by atoms with Gasteiger partial charge in [0.15, 0.2) is 5.13 Å². The fourth-order valence-corrected chi connectivity index (χ4v) is 6.82. The van der Waals surface area contributed by atoms with Crippen LogP contribution in [0.25, 0.3) is 11.3 Å². The molecule has 1 aromatic carbocycles. The van der Waals surface area contributed by atoms with E-state index in [1.165, 1.54) is 12.8 Å². The summed E-state index contributed by atoms with van der Waals surface area (Å²) >= 11 is 1.60. The molecule has 214 valence electrons. The highest BCUT2D eigenvalue weighted by molar-refractivity contribution is 7.16. The van der Waals surface area contributed by atoms with Gasteiger partial charge in [-0.05, 0) is 88.6 Å². The second-order valence-electron chi connectivity index (χ2n) is 11.1. The predicted molar refractivity (Wildman–Crippen MR) is 158 cm³/mol. The number of hydrogen-bond acceptors (Lipinski definition) is 8. The number of hydrogen-bond donors (Lipinski definition) is 2. The van der Waals surface area contributed by atoms with Crippen LogP contribution < -0.4 is 10.2 Å². The highest BCUT2D eigenvalue weighted by Crippen LogP contribution is 2.36. The highest BCUT2D eigenvalue weighted by Gasteiger charge is 2.25. The summed E-state index contributed by atoms with van der Waals surface area (Å²) in [6.45, 7) is 9.74. The van der Waals surface area contributed by atoms with Gasteiger partial charge in [-0.2, -0.15) is 0 Å². The van der Waals surface area contributed by atoms with Gasteiger partial charge in [-0.1, -0.05) is 18.3 Å². The number of piperidine rings is 1. The topological polar surface area (TPSA) is 94.5 Å². The normalized spacial score (nSPS) is 18.4. The zero-order valence-corrected chi connectivity index (χ0v) is 24.4. The number of carboxylic acids is 1. The van der Waals surface area contributed by atoms with Crippen LogP contribution in [-0.2, 0) is 17.8 Å². The molecule has 1 atom stereocenters. The molecule has 5 rings (SSSR count). The maximum Gasteiger partial charge on any atom is 0.303 e. The van der Waals surface area contributed by atoms with Crippen LogP contribution in [0.3, 0.4) is 0 Å². The molecule has 0 bridgehead atoms. The highest BCUT2D eigenvalue weighted by atomic mass is 32.1. The number of aromatic nitrogens is 3. The maximum absolute atomic E-state index is 14.5. The van der Waals surface area contributed by atoms with Crippen molar-refractivity contribution in [3.63, 3.8) is 0 Å². The molecule has 0 aliphatic carbocycles. The molecule has 40 heavy (non-hydrogen) atoms. The van der Waals surface area contributed by atoms with Gasteiger partial charge in [-0.25, -0.2) is 19.3 Å². The third kappa shape index (κ3) is 6.96. The first-order valence-corrected chi connectivity index (χ1v) is 15.2. The first kappa shape index (κ1) is 28.4. The molecule has 2 aromatic heterocycles. The van der Waals surface area contributed by atoms with E-state index >= 15 is 0 Å². The Morgan fingerprint density at radius 3 is 2.62 bits per heavy atom. The lowest BCUT2D eigenvalue weighted by molar-refractivity contribution is -0.137. The standard InChI is InChI=1S/C30H39FN6O2S/c1-4-21-14-23(16-24(31)15-21)29-25(18-37-11-5-6-19(37)2)40-30(35-29)34-26-17-27(33-20(3)32-26)36-12-9-22(10-13-36)7-8-28(38)39/h14-17,19,22H,4-13,18H2,1-3H3,(H,38,39)(H,32,33,34,35)/t19-/m1/s1. The lowest BCUT2D eigenvalue weighted by atomic mass is 9.92. The molecule has 0 unspecified atom stereocenters. The molecule has 0 radical (unpaired) electrons. The van der Waals surface area contributed by atoms with Gasteiger partial charge in [0, 0.05) is 48.6 Å². The Kier molecular flexibility index (Phi) is 8.95. The third-order valence-electron chi connectivity index (χ3n) is 8.14. The van der Waals surface area contributed by atoms with E-state index in [4.69, 9.17) is 10.1 Å². The molecule has 2 fully saturated rings. The van der Waals surface area contributed by atoms with Crippen LogP contribution in [0.4, 0.5) is 21.2 Å². The quantitative estimate of drug-likeness (QED) is 0.290. The zero-order valence-electron chi connectivity index (χ0n) is 23.6. The van der Waals surface area contributed by atoms with E-state index in [1.54, 1.807) is 23.5 Å². The molecular formula is C30H39FN6O2S. The van der Waals surface area contributed by atoms with E-state index in [-0.39, 0.29) is 12.2 Å². The zero-order chi connectivity index (χ0) is 28.2. The van der Waals surface area contributed by atoms with Crippen molar-refractivity contribution in [1.29, 1.82) is 0 Å². The number of aryl methyl sites for hydroxylation is 2. The summed E-state index contributed by atoms with van der Waals surface area (Å²) in [5, 5.41) is 13.2. The van der Waals surface area contributed by atoms with Crippen molar-refractivity contribution in [1.82, 2.24) is 19.9 Å². The number of likely N-dealkylation sites (tertiary alicyclic amines) is 1. The van der Waals surface area contributed by atoms with Gasteiger partial charge in [0.05, 0.1) is 5.69 Å². The molecular weight excluding hydrogens is 527 g/mol. The summed E-state index contributed by atoms with van der Waals surface area (Å²) in [5.74, 6) is 1.71. The Bertz CT molecular complexity index is 1340. The lowest BCUT2D eigenvalue weighted by Crippen LogP contribution is -2.34.